The number of aliphatic hydroxyl groups excluding tert-OH is 1. The molecule has 286 valence electrons. The van der Waals surface area contributed by atoms with E-state index in [0.717, 1.165) is 62.5 Å². The Kier molecular flexibility index (Phi) is 17.6. The average molecular weight is 753 g/mol. The first-order valence-corrected chi connectivity index (χ1v) is 20.6. The fourth-order valence-corrected chi connectivity index (χ4v) is 8.67. The molecule has 51 heavy (non-hydrogen) atoms. The number of hydrogen-bond donors (Lipinski definition) is 5. The molecule has 1 unspecified atom stereocenters. The molecule has 0 spiro atoms. The summed E-state index contributed by atoms with van der Waals surface area (Å²) in [6, 6.07) is 7.10. The lowest BCUT2D eigenvalue weighted by molar-refractivity contribution is -0.129. The van der Waals surface area contributed by atoms with Crippen molar-refractivity contribution in [2.75, 3.05) is 71.4 Å². The Morgan fingerprint density at radius 2 is 1.63 bits per heavy atom. The number of carbonyl (C=O) groups is 3. The number of hydrogen-bond acceptors (Lipinski definition) is 10. The van der Waals surface area contributed by atoms with Gasteiger partial charge in [0.05, 0.1) is 45.0 Å². The van der Waals surface area contributed by atoms with Crippen molar-refractivity contribution in [3.63, 3.8) is 0 Å². The molecule has 14 nitrogen and oxygen atoms in total. The fourth-order valence-electron chi connectivity index (χ4n) is 6.59. The topological polar surface area (TPSA) is 179 Å². The van der Waals surface area contributed by atoms with E-state index in [4.69, 9.17) is 9.47 Å². The summed E-state index contributed by atoms with van der Waals surface area (Å²) in [4.78, 5) is 42.9. The van der Waals surface area contributed by atoms with E-state index in [-0.39, 0.29) is 51.0 Å². The molecule has 1 aliphatic carbocycles. The lowest BCUT2D eigenvalue weighted by atomic mass is 9.83. The molecule has 0 radical (unpaired) electrons. The Morgan fingerprint density at radius 3 is 2.29 bits per heavy atom. The third-order valence-corrected chi connectivity index (χ3v) is 12.2. The molecule has 0 aromatic heterocycles. The van der Waals surface area contributed by atoms with Gasteiger partial charge >= 0.3 is 0 Å². The van der Waals surface area contributed by atoms with Gasteiger partial charge in [0, 0.05) is 45.0 Å². The molecule has 3 aliphatic rings. The van der Waals surface area contributed by atoms with E-state index in [1.54, 1.807) is 30.3 Å². The average Bonchev–Trinajstić information content (AvgIpc) is 3.14. The summed E-state index contributed by atoms with van der Waals surface area (Å²) in [6.07, 6.45) is 6.06. The van der Waals surface area contributed by atoms with Gasteiger partial charge in [-0.05, 0) is 24.3 Å². The highest BCUT2D eigenvalue weighted by Gasteiger charge is 2.34. The Morgan fingerprint density at radius 1 is 0.961 bits per heavy atom. The maximum absolute atomic E-state index is 13.9. The molecule has 1 aromatic rings. The Balaban J connectivity index is 1.44. The van der Waals surface area contributed by atoms with Gasteiger partial charge in [-0.3, -0.25) is 19.3 Å². The van der Waals surface area contributed by atoms with Gasteiger partial charge in [0.1, 0.15) is 6.04 Å². The molecule has 5 N–H and O–H groups in total. The molecule has 3 fully saturated rings. The summed E-state index contributed by atoms with van der Waals surface area (Å²) >= 11 is 1.13. The molecule has 1 aromatic carbocycles. The van der Waals surface area contributed by atoms with Crippen molar-refractivity contribution < 1.29 is 37.4 Å². The molecular formula is C35H56N6O8S2. The van der Waals surface area contributed by atoms with Crippen LogP contribution in [0, 0.1) is 5.92 Å². The number of amides is 3. The number of nitrogens with one attached hydrogen (secondary N) is 4. The highest BCUT2D eigenvalue weighted by molar-refractivity contribution is 8.00. The second-order valence-corrected chi connectivity index (χ2v) is 16.2. The zero-order valence-corrected chi connectivity index (χ0v) is 31.1. The van der Waals surface area contributed by atoms with Crippen LogP contribution in [0.1, 0.15) is 50.5 Å². The SMILES string of the molecule is C=CCSC(NC(=O)[C@H](Cc1ccccc1)NS(=O)(=O)N1CCOCC1)C(=O)N[C@@H](CC1CCCCC1)[C@@H](O)CC(=O)NCCN1CCOCC1. The molecular weight excluding hydrogens is 697 g/mol. The Hall–Kier alpha value is -2.57. The Bertz CT molecular complexity index is 1340. The predicted molar refractivity (Wildman–Crippen MR) is 197 cm³/mol. The number of aliphatic hydroxyl groups is 1. The number of morpholine rings is 2. The van der Waals surface area contributed by atoms with Crippen LogP contribution in [0.25, 0.3) is 0 Å². The van der Waals surface area contributed by atoms with Crippen LogP contribution >= 0.6 is 11.8 Å². The van der Waals surface area contributed by atoms with E-state index in [1.807, 2.05) is 6.07 Å². The van der Waals surface area contributed by atoms with Crippen LogP contribution in [-0.2, 0) is 40.5 Å². The monoisotopic (exact) mass is 752 g/mol. The summed E-state index contributed by atoms with van der Waals surface area (Å²) in [5.41, 5.74) is 0.737. The molecule has 2 aliphatic heterocycles. The highest BCUT2D eigenvalue weighted by atomic mass is 32.2. The summed E-state index contributed by atoms with van der Waals surface area (Å²) < 4.78 is 41.2. The van der Waals surface area contributed by atoms with Crippen LogP contribution < -0.4 is 20.7 Å². The second kappa shape index (κ2) is 21.8. The van der Waals surface area contributed by atoms with Crippen LogP contribution in [0.3, 0.4) is 0 Å². The minimum Gasteiger partial charge on any atom is -0.390 e. The van der Waals surface area contributed by atoms with Gasteiger partial charge in [-0.2, -0.15) is 17.4 Å². The summed E-state index contributed by atoms with van der Waals surface area (Å²) in [6.45, 7) is 8.64. The number of carbonyl (C=O) groups excluding carboxylic acids is 3. The van der Waals surface area contributed by atoms with Gasteiger partial charge in [-0.1, -0.05) is 68.5 Å². The van der Waals surface area contributed by atoms with Crippen molar-refractivity contribution in [2.24, 2.45) is 5.92 Å². The molecule has 3 amide bonds. The van der Waals surface area contributed by atoms with Crippen molar-refractivity contribution >= 4 is 39.7 Å². The van der Waals surface area contributed by atoms with E-state index in [1.165, 1.54) is 4.31 Å². The standard InChI is InChI=1S/C35H56N6O8S2/c1-2-23-50-35(38-33(44)30(25-28-11-7-4-8-12-28)39-51(46,47)41-17-21-49-22-18-41)34(45)37-29(24-27-9-5-3-6-10-27)31(42)26-32(43)36-13-14-40-15-19-48-20-16-40/h2,4,7-8,11-12,27,29-31,35,39,42H,1,3,5-6,9-10,13-26H2,(H,36,43)(H,37,45)(H,38,44)/t29-,30-,31-,35?/m0/s1. The van der Waals surface area contributed by atoms with Gasteiger partial charge in [0.2, 0.25) is 11.8 Å². The van der Waals surface area contributed by atoms with E-state index in [0.29, 0.717) is 38.5 Å². The summed E-state index contributed by atoms with van der Waals surface area (Å²) in [5, 5.41) is 18.8. The first-order valence-electron chi connectivity index (χ1n) is 18.1. The predicted octanol–water partition coefficient (Wildman–Crippen LogP) is 0.780. The molecule has 2 saturated heterocycles. The van der Waals surface area contributed by atoms with Crippen LogP contribution in [0.15, 0.2) is 43.0 Å². The van der Waals surface area contributed by atoms with Crippen LogP contribution in [-0.4, -0.2) is 135 Å². The molecule has 4 rings (SSSR count). The minimum absolute atomic E-state index is 0.0559. The summed E-state index contributed by atoms with van der Waals surface area (Å²) in [5.74, 6) is -0.917. The number of rotatable bonds is 20. The number of ether oxygens (including phenoxy) is 2. The van der Waals surface area contributed by atoms with Gasteiger partial charge in [-0.25, -0.2) is 0 Å². The third-order valence-electron chi connectivity index (χ3n) is 9.45. The third kappa shape index (κ3) is 14.4. The zero-order chi connectivity index (χ0) is 36.5. The van der Waals surface area contributed by atoms with Crippen molar-refractivity contribution in [1.29, 1.82) is 0 Å². The Labute approximate surface area is 307 Å². The number of benzene rings is 1. The normalized spacial score (nSPS) is 20.4. The maximum atomic E-state index is 13.9. The van der Waals surface area contributed by atoms with Gasteiger partial charge < -0.3 is 30.5 Å². The van der Waals surface area contributed by atoms with E-state index in [2.05, 4.69) is 32.2 Å². The van der Waals surface area contributed by atoms with Crippen molar-refractivity contribution in [2.45, 2.75) is 74.9 Å². The van der Waals surface area contributed by atoms with Crippen molar-refractivity contribution in [3.8, 4) is 0 Å². The van der Waals surface area contributed by atoms with Gasteiger partial charge in [0.25, 0.3) is 16.1 Å². The highest BCUT2D eigenvalue weighted by Crippen LogP contribution is 2.28. The van der Waals surface area contributed by atoms with Gasteiger partial charge in [0.15, 0.2) is 5.37 Å². The van der Waals surface area contributed by atoms with E-state index in [9.17, 15) is 27.9 Å². The van der Waals surface area contributed by atoms with E-state index < -0.39 is 45.6 Å². The van der Waals surface area contributed by atoms with Crippen molar-refractivity contribution in [1.82, 2.24) is 29.9 Å². The molecule has 1 saturated carbocycles. The number of nitrogens with zero attached hydrogens (tertiary/aromatic N) is 2. The van der Waals surface area contributed by atoms with Gasteiger partial charge in [-0.15, -0.1) is 18.3 Å². The van der Waals surface area contributed by atoms with Crippen molar-refractivity contribution in [3.05, 3.63) is 48.6 Å². The lowest BCUT2D eigenvalue weighted by Crippen LogP contribution is -2.58. The van der Waals surface area contributed by atoms with E-state index >= 15 is 0 Å². The molecule has 0 bridgehead atoms. The van der Waals surface area contributed by atoms with Crippen LogP contribution in [0.2, 0.25) is 0 Å². The van der Waals surface area contributed by atoms with Crippen LogP contribution in [0.5, 0.6) is 0 Å². The number of thioether (sulfide) groups is 1. The summed E-state index contributed by atoms with van der Waals surface area (Å²) in [7, 11) is -4.05. The quantitative estimate of drug-likeness (QED) is 0.0945. The minimum atomic E-state index is -4.05. The first-order chi connectivity index (χ1) is 24.6. The largest absolute Gasteiger partial charge is 0.390 e. The molecule has 16 heteroatoms. The van der Waals surface area contributed by atoms with Crippen LogP contribution in [0.4, 0.5) is 0 Å². The molecule has 2 heterocycles. The fraction of sp³-hybridized carbons (Fsp3) is 0.686. The smallest absolute Gasteiger partial charge is 0.280 e. The second-order valence-electron chi connectivity index (χ2n) is 13.3. The molecule has 4 atom stereocenters. The first kappa shape index (κ1) is 41.2. The lowest BCUT2D eigenvalue weighted by Gasteiger charge is -2.32. The maximum Gasteiger partial charge on any atom is 0.280 e. The zero-order valence-electron chi connectivity index (χ0n) is 29.5.